The van der Waals surface area contributed by atoms with Crippen LogP contribution in [0.5, 0.6) is 11.5 Å². The van der Waals surface area contributed by atoms with E-state index < -0.39 is 5.82 Å². The number of methoxy groups -OCH3 is 2. The van der Waals surface area contributed by atoms with E-state index in [-0.39, 0.29) is 29.2 Å². The van der Waals surface area contributed by atoms with E-state index in [0.29, 0.717) is 0 Å². The number of hydrogen-bond acceptors (Lipinski definition) is 4. The zero-order valence-electron chi connectivity index (χ0n) is 15.3. The lowest BCUT2D eigenvalue weighted by molar-refractivity contribution is -0.117. The number of rotatable bonds is 6. The Kier molecular flexibility index (Phi) is 6.19. The Labute approximate surface area is 163 Å². The van der Waals surface area contributed by atoms with Gasteiger partial charge >= 0.3 is 0 Å². The molecule has 0 unspecified atom stereocenters. The second-order valence-corrected chi connectivity index (χ2v) is 6.85. The van der Waals surface area contributed by atoms with E-state index in [1.54, 1.807) is 20.3 Å². The first kappa shape index (κ1) is 19.5. The molecule has 1 heterocycles. The van der Waals surface area contributed by atoms with Gasteiger partial charge in [0.2, 0.25) is 5.91 Å². The zero-order valence-corrected chi connectivity index (χ0v) is 16.1. The zero-order chi connectivity index (χ0) is 19.4. The molecule has 2 aromatic carbocycles. The Balaban J connectivity index is 1.74. The third kappa shape index (κ3) is 4.51. The summed E-state index contributed by atoms with van der Waals surface area (Å²) in [6, 6.07) is 9.87. The normalized spacial score (nSPS) is 17.0. The Bertz CT molecular complexity index is 831. The molecule has 7 heteroatoms. The van der Waals surface area contributed by atoms with E-state index in [1.807, 2.05) is 18.2 Å². The highest BCUT2D eigenvalue weighted by molar-refractivity contribution is 6.30. The van der Waals surface area contributed by atoms with Crippen LogP contribution in [-0.4, -0.2) is 38.1 Å². The third-order valence-corrected chi connectivity index (χ3v) is 4.95. The lowest BCUT2D eigenvalue weighted by atomic mass is 10.0. The fourth-order valence-electron chi connectivity index (χ4n) is 3.43. The van der Waals surface area contributed by atoms with Crippen molar-refractivity contribution in [2.75, 3.05) is 32.6 Å². The maximum absolute atomic E-state index is 13.9. The van der Waals surface area contributed by atoms with Gasteiger partial charge in [-0.1, -0.05) is 11.6 Å². The number of ether oxygens (including phenoxy) is 2. The van der Waals surface area contributed by atoms with Gasteiger partial charge in [0.15, 0.2) is 0 Å². The molecule has 0 aromatic heterocycles. The average Bonchev–Trinajstić information content (AvgIpc) is 3.11. The Morgan fingerprint density at radius 1 is 1.26 bits per heavy atom. The number of amides is 1. The van der Waals surface area contributed by atoms with E-state index in [4.69, 9.17) is 21.1 Å². The highest BCUT2D eigenvalue weighted by atomic mass is 35.5. The minimum absolute atomic E-state index is 0.0378. The predicted molar refractivity (Wildman–Crippen MR) is 103 cm³/mol. The standard InChI is InChI=1S/C20H22ClFN2O3/c1-26-14-6-8-19(27-2)15(11-14)18-4-3-9-24(18)12-20(25)23-17-7-5-13(21)10-16(17)22/h5-8,10-11,18H,3-4,9,12H2,1-2H3,(H,23,25)/t18-/m0/s1. The van der Waals surface area contributed by atoms with Crippen LogP contribution in [0.4, 0.5) is 10.1 Å². The van der Waals surface area contributed by atoms with E-state index in [2.05, 4.69) is 10.2 Å². The second kappa shape index (κ2) is 8.59. The van der Waals surface area contributed by atoms with Crippen LogP contribution in [0.3, 0.4) is 0 Å². The van der Waals surface area contributed by atoms with Crippen LogP contribution in [0, 0.1) is 5.82 Å². The number of anilines is 1. The molecule has 0 radical (unpaired) electrons. The first-order chi connectivity index (χ1) is 13.0. The fourth-order valence-corrected chi connectivity index (χ4v) is 3.59. The summed E-state index contributed by atoms with van der Waals surface area (Å²) in [6.07, 6.45) is 1.87. The molecule has 1 aliphatic heterocycles. The summed E-state index contributed by atoms with van der Waals surface area (Å²) in [5, 5.41) is 2.90. The largest absolute Gasteiger partial charge is 0.497 e. The van der Waals surface area contributed by atoms with Crippen LogP contribution in [0.15, 0.2) is 36.4 Å². The summed E-state index contributed by atoms with van der Waals surface area (Å²) in [6.45, 7) is 0.939. The SMILES string of the molecule is COc1ccc(OC)c([C@@H]2CCCN2CC(=O)Nc2ccc(Cl)cc2F)c1. The van der Waals surface area contributed by atoms with Crippen molar-refractivity contribution in [1.82, 2.24) is 4.90 Å². The van der Waals surface area contributed by atoms with Gasteiger partial charge in [-0.3, -0.25) is 9.69 Å². The molecule has 2 aromatic rings. The van der Waals surface area contributed by atoms with Crippen molar-refractivity contribution >= 4 is 23.2 Å². The molecule has 1 amide bonds. The van der Waals surface area contributed by atoms with Crippen LogP contribution in [0.2, 0.25) is 5.02 Å². The molecular weight excluding hydrogens is 371 g/mol. The maximum atomic E-state index is 13.9. The van der Waals surface area contributed by atoms with E-state index in [9.17, 15) is 9.18 Å². The maximum Gasteiger partial charge on any atom is 0.238 e. The van der Waals surface area contributed by atoms with Gasteiger partial charge in [-0.05, 0) is 55.8 Å². The van der Waals surface area contributed by atoms with Crippen LogP contribution in [0.25, 0.3) is 0 Å². The lowest BCUT2D eigenvalue weighted by Crippen LogP contribution is -2.33. The molecule has 27 heavy (non-hydrogen) atoms. The van der Waals surface area contributed by atoms with Crippen LogP contribution < -0.4 is 14.8 Å². The second-order valence-electron chi connectivity index (χ2n) is 6.41. The number of hydrogen-bond donors (Lipinski definition) is 1. The average molecular weight is 393 g/mol. The Morgan fingerprint density at radius 2 is 2.07 bits per heavy atom. The van der Waals surface area contributed by atoms with Crippen LogP contribution in [0.1, 0.15) is 24.4 Å². The highest BCUT2D eigenvalue weighted by Crippen LogP contribution is 2.38. The van der Waals surface area contributed by atoms with E-state index in [1.165, 1.54) is 12.1 Å². The summed E-state index contributed by atoms with van der Waals surface area (Å²) in [4.78, 5) is 14.5. The summed E-state index contributed by atoms with van der Waals surface area (Å²) in [5.41, 5.74) is 1.11. The van der Waals surface area contributed by atoms with Crippen molar-refractivity contribution in [3.63, 3.8) is 0 Å². The number of nitrogens with zero attached hydrogens (tertiary/aromatic N) is 1. The molecular formula is C20H22ClFN2O3. The molecule has 0 bridgehead atoms. The highest BCUT2D eigenvalue weighted by Gasteiger charge is 2.30. The minimum atomic E-state index is -0.553. The van der Waals surface area contributed by atoms with Gasteiger partial charge in [0, 0.05) is 16.6 Å². The minimum Gasteiger partial charge on any atom is -0.497 e. The number of nitrogens with one attached hydrogen (secondary N) is 1. The Hall–Kier alpha value is -2.31. The monoisotopic (exact) mass is 392 g/mol. The van der Waals surface area contributed by atoms with Crippen LogP contribution >= 0.6 is 11.6 Å². The van der Waals surface area contributed by atoms with Crippen molar-refractivity contribution in [2.24, 2.45) is 0 Å². The van der Waals surface area contributed by atoms with E-state index >= 15 is 0 Å². The topological polar surface area (TPSA) is 50.8 Å². The van der Waals surface area contributed by atoms with Gasteiger partial charge < -0.3 is 14.8 Å². The van der Waals surface area contributed by atoms with Crippen molar-refractivity contribution in [2.45, 2.75) is 18.9 Å². The molecule has 1 N–H and O–H groups in total. The van der Waals surface area contributed by atoms with Gasteiger partial charge in [-0.2, -0.15) is 0 Å². The lowest BCUT2D eigenvalue weighted by Gasteiger charge is -2.26. The smallest absolute Gasteiger partial charge is 0.238 e. The fraction of sp³-hybridized carbons (Fsp3) is 0.350. The quantitative estimate of drug-likeness (QED) is 0.797. The molecule has 144 valence electrons. The Morgan fingerprint density at radius 3 is 2.78 bits per heavy atom. The van der Waals surface area contributed by atoms with Gasteiger partial charge in [-0.15, -0.1) is 0 Å². The van der Waals surface area contributed by atoms with E-state index in [0.717, 1.165) is 36.4 Å². The molecule has 0 aliphatic carbocycles. The van der Waals surface area contributed by atoms with Gasteiger partial charge in [0.05, 0.1) is 26.5 Å². The first-order valence-corrected chi connectivity index (χ1v) is 9.10. The molecule has 3 rings (SSSR count). The molecule has 1 atom stereocenters. The van der Waals surface area contributed by atoms with Crippen molar-refractivity contribution in [3.05, 3.63) is 52.8 Å². The van der Waals surface area contributed by atoms with Crippen molar-refractivity contribution in [1.29, 1.82) is 0 Å². The summed E-state index contributed by atoms with van der Waals surface area (Å²) < 4.78 is 24.7. The van der Waals surface area contributed by atoms with Gasteiger partial charge in [-0.25, -0.2) is 4.39 Å². The molecule has 1 aliphatic rings. The number of carbonyl (C=O) groups excluding carboxylic acids is 1. The summed E-state index contributed by atoms with van der Waals surface area (Å²) in [5.74, 6) is 0.676. The summed E-state index contributed by atoms with van der Waals surface area (Å²) in [7, 11) is 3.24. The van der Waals surface area contributed by atoms with Gasteiger partial charge in [0.1, 0.15) is 17.3 Å². The van der Waals surface area contributed by atoms with Gasteiger partial charge in [0.25, 0.3) is 0 Å². The molecule has 1 saturated heterocycles. The number of likely N-dealkylation sites (tertiary alicyclic amines) is 1. The summed E-state index contributed by atoms with van der Waals surface area (Å²) >= 11 is 5.75. The first-order valence-electron chi connectivity index (χ1n) is 8.72. The van der Waals surface area contributed by atoms with Crippen molar-refractivity contribution < 1.29 is 18.7 Å². The number of carbonyl (C=O) groups is 1. The molecule has 0 saturated carbocycles. The van der Waals surface area contributed by atoms with Crippen LogP contribution in [-0.2, 0) is 4.79 Å². The number of halogens is 2. The predicted octanol–water partition coefficient (Wildman–Crippen LogP) is 4.27. The number of benzene rings is 2. The van der Waals surface area contributed by atoms with Crippen molar-refractivity contribution in [3.8, 4) is 11.5 Å². The molecule has 1 fully saturated rings. The molecule has 5 nitrogen and oxygen atoms in total. The molecule has 0 spiro atoms. The third-order valence-electron chi connectivity index (χ3n) is 4.71.